The fourth-order valence-corrected chi connectivity index (χ4v) is 2.59. The molecule has 18 heavy (non-hydrogen) atoms. The Morgan fingerprint density at radius 2 is 2.28 bits per heavy atom. The topological polar surface area (TPSA) is 64.3 Å². The van der Waals surface area contributed by atoms with Gasteiger partial charge in [-0.05, 0) is 31.0 Å². The average Bonchev–Trinajstić information content (AvgIpc) is 2.31. The molecule has 0 aliphatic rings. The summed E-state index contributed by atoms with van der Waals surface area (Å²) in [7, 11) is 0. The van der Waals surface area contributed by atoms with Gasteiger partial charge in [-0.1, -0.05) is 40.9 Å². The van der Waals surface area contributed by atoms with Crippen LogP contribution in [-0.2, 0) is 4.79 Å². The van der Waals surface area contributed by atoms with E-state index in [1.165, 1.54) is 0 Å². The summed E-state index contributed by atoms with van der Waals surface area (Å²) in [5, 5.41) is 0.466. The number of nitrogens with one attached hydrogen (secondary N) is 1. The highest BCUT2D eigenvalue weighted by atomic mass is 79.9. The SMILES string of the molecule is CCCC(Oc1c(C)cc(Br)cc1Cl)C(=O)NN. The van der Waals surface area contributed by atoms with Crippen LogP contribution in [0.2, 0.25) is 5.02 Å². The van der Waals surface area contributed by atoms with Gasteiger partial charge >= 0.3 is 0 Å². The van der Waals surface area contributed by atoms with Crippen molar-refractivity contribution in [1.29, 1.82) is 0 Å². The molecule has 1 amide bonds. The van der Waals surface area contributed by atoms with Gasteiger partial charge in [0.25, 0.3) is 5.91 Å². The predicted molar refractivity (Wildman–Crippen MR) is 75.5 cm³/mol. The van der Waals surface area contributed by atoms with Gasteiger partial charge in [0.2, 0.25) is 0 Å². The number of benzene rings is 1. The van der Waals surface area contributed by atoms with Crippen LogP contribution in [0.15, 0.2) is 16.6 Å². The molecule has 0 aliphatic carbocycles. The van der Waals surface area contributed by atoms with Crippen molar-refractivity contribution in [1.82, 2.24) is 5.43 Å². The Kier molecular flexibility index (Phi) is 5.91. The van der Waals surface area contributed by atoms with E-state index in [4.69, 9.17) is 22.2 Å². The smallest absolute Gasteiger partial charge is 0.274 e. The molecule has 1 atom stereocenters. The molecule has 0 fully saturated rings. The zero-order chi connectivity index (χ0) is 13.7. The Morgan fingerprint density at radius 3 is 2.78 bits per heavy atom. The van der Waals surface area contributed by atoms with E-state index in [2.05, 4.69) is 21.4 Å². The summed E-state index contributed by atoms with van der Waals surface area (Å²) in [5.74, 6) is 5.30. The molecule has 0 bridgehead atoms. The minimum absolute atomic E-state index is 0.352. The summed E-state index contributed by atoms with van der Waals surface area (Å²) in [5.41, 5.74) is 2.97. The zero-order valence-electron chi connectivity index (χ0n) is 10.3. The molecule has 1 aromatic rings. The van der Waals surface area contributed by atoms with Crippen LogP contribution < -0.4 is 16.0 Å². The predicted octanol–water partition coefficient (Wildman–Crippen LogP) is 2.95. The number of aryl methyl sites for hydroxylation is 1. The number of hydrazine groups is 1. The molecule has 0 aromatic heterocycles. The number of amides is 1. The van der Waals surface area contributed by atoms with Crippen LogP contribution in [-0.4, -0.2) is 12.0 Å². The highest BCUT2D eigenvalue weighted by Gasteiger charge is 2.20. The monoisotopic (exact) mass is 334 g/mol. The number of carbonyl (C=O) groups is 1. The molecule has 0 saturated heterocycles. The molecule has 1 rings (SSSR count). The van der Waals surface area contributed by atoms with Crippen LogP contribution >= 0.6 is 27.5 Å². The van der Waals surface area contributed by atoms with Crippen molar-refractivity contribution in [3.05, 3.63) is 27.2 Å². The fraction of sp³-hybridized carbons (Fsp3) is 0.417. The fourth-order valence-electron chi connectivity index (χ4n) is 1.58. The Hall–Kier alpha value is -0.780. The van der Waals surface area contributed by atoms with Crippen molar-refractivity contribution in [2.75, 3.05) is 0 Å². The van der Waals surface area contributed by atoms with E-state index in [-0.39, 0.29) is 5.91 Å². The van der Waals surface area contributed by atoms with Crippen molar-refractivity contribution in [3.8, 4) is 5.75 Å². The molecule has 1 unspecified atom stereocenters. The molecule has 4 nitrogen and oxygen atoms in total. The van der Waals surface area contributed by atoms with Crippen LogP contribution in [0.5, 0.6) is 5.75 Å². The minimum Gasteiger partial charge on any atom is -0.479 e. The largest absolute Gasteiger partial charge is 0.479 e. The summed E-state index contributed by atoms with van der Waals surface area (Å²) in [6.07, 6.45) is 0.762. The van der Waals surface area contributed by atoms with E-state index in [1.54, 1.807) is 6.07 Å². The summed E-state index contributed by atoms with van der Waals surface area (Å²) >= 11 is 9.46. The maximum atomic E-state index is 11.6. The average molecular weight is 336 g/mol. The van der Waals surface area contributed by atoms with Gasteiger partial charge in [-0.25, -0.2) is 5.84 Å². The van der Waals surface area contributed by atoms with Crippen molar-refractivity contribution in [3.63, 3.8) is 0 Å². The number of hydrogen-bond acceptors (Lipinski definition) is 3. The Balaban J connectivity index is 2.97. The van der Waals surface area contributed by atoms with Crippen LogP contribution in [0.3, 0.4) is 0 Å². The second kappa shape index (κ2) is 6.97. The highest BCUT2D eigenvalue weighted by molar-refractivity contribution is 9.10. The lowest BCUT2D eigenvalue weighted by molar-refractivity contribution is -0.128. The second-order valence-corrected chi connectivity index (χ2v) is 5.26. The summed E-state index contributed by atoms with van der Waals surface area (Å²) in [6, 6.07) is 3.61. The first-order chi connectivity index (χ1) is 8.49. The molecule has 0 spiro atoms. The maximum Gasteiger partial charge on any atom is 0.274 e. The number of rotatable bonds is 5. The van der Waals surface area contributed by atoms with E-state index in [9.17, 15) is 4.79 Å². The first kappa shape index (κ1) is 15.3. The molecule has 0 saturated carbocycles. The van der Waals surface area contributed by atoms with E-state index in [0.29, 0.717) is 17.2 Å². The number of ether oxygens (including phenoxy) is 1. The zero-order valence-corrected chi connectivity index (χ0v) is 12.6. The lowest BCUT2D eigenvalue weighted by atomic mass is 10.2. The van der Waals surface area contributed by atoms with Gasteiger partial charge in [-0.2, -0.15) is 0 Å². The van der Waals surface area contributed by atoms with E-state index in [1.807, 2.05) is 19.9 Å². The third-order valence-electron chi connectivity index (χ3n) is 2.44. The van der Waals surface area contributed by atoms with E-state index >= 15 is 0 Å². The first-order valence-corrected chi connectivity index (χ1v) is 6.79. The van der Waals surface area contributed by atoms with Gasteiger partial charge in [0.15, 0.2) is 6.10 Å². The van der Waals surface area contributed by atoms with E-state index < -0.39 is 6.10 Å². The van der Waals surface area contributed by atoms with Crippen molar-refractivity contribution in [2.45, 2.75) is 32.8 Å². The molecule has 100 valence electrons. The lowest BCUT2D eigenvalue weighted by Gasteiger charge is -2.19. The molecule has 6 heteroatoms. The molecule has 3 N–H and O–H groups in total. The Bertz CT molecular complexity index is 417. The summed E-state index contributed by atoms with van der Waals surface area (Å²) < 4.78 is 6.55. The third kappa shape index (κ3) is 3.86. The lowest BCUT2D eigenvalue weighted by Crippen LogP contribution is -2.42. The summed E-state index contributed by atoms with van der Waals surface area (Å²) in [4.78, 5) is 11.6. The quantitative estimate of drug-likeness (QED) is 0.494. The molecule has 1 aromatic carbocycles. The second-order valence-electron chi connectivity index (χ2n) is 3.94. The Morgan fingerprint density at radius 1 is 1.61 bits per heavy atom. The van der Waals surface area contributed by atoms with Crippen LogP contribution in [0.1, 0.15) is 25.3 Å². The van der Waals surface area contributed by atoms with E-state index in [0.717, 1.165) is 16.5 Å². The molecule has 0 heterocycles. The van der Waals surface area contributed by atoms with Crippen LogP contribution in [0.4, 0.5) is 0 Å². The minimum atomic E-state index is -0.627. The van der Waals surface area contributed by atoms with Gasteiger partial charge in [0.05, 0.1) is 5.02 Å². The van der Waals surface area contributed by atoms with Gasteiger partial charge in [-0.15, -0.1) is 0 Å². The summed E-state index contributed by atoms with van der Waals surface area (Å²) in [6.45, 7) is 3.84. The van der Waals surface area contributed by atoms with Crippen molar-refractivity contribution in [2.24, 2.45) is 5.84 Å². The number of carbonyl (C=O) groups excluding carboxylic acids is 1. The van der Waals surface area contributed by atoms with Crippen LogP contribution in [0.25, 0.3) is 0 Å². The molecule has 0 radical (unpaired) electrons. The number of hydrogen-bond donors (Lipinski definition) is 2. The normalized spacial score (nSPS) is 12.1. The van der Waals surface area contributed by atoms with Crippen LogP contribution in [0, 0.1) is 6.92 Å². The first-order valence-electron chi connectivity index (χ1n) is 5.62. The molecular weight excluding hydrogens is 320 g/mol. The number of nitrogens with two attached hydrogens (primary N) is 1. The standard InChI is InChI=1S/C12H16BrClN2O2/c1-3-4-10(12(17)16-15)18-11-7(2)5-8(13)6-9(11)14/h5-6,10H,3-4,15H2,1-2H3,(H,16,17). The van der Waals surface area contributed by atoms with Gasteiger partial charge in [-0.3, -0.25) is 10.2 Å². The highest BCUT2D eigenvalue weighted by Crippen LogP contribution is 2.33. The van der Waals surface area contributed by atoms with Crippen molar-refractivity contribution < 1.29 is 9.53 Å². The molecular formula is C12H16BrClN2O2. The Labute approximate surface area is 120 Å². The number of halogens is 2. The van der Waals surface area contributed by atoms with Crippen molar-refractivity contribution >= 4 is 33.4 Å². The van der Waals surface area contributed by atoms with Gasteiger partial charge < -0.3 is 4.74 Å². The molecule has 0 aliphatic heterocycles. The van der Waals surface area contributed by atoms with Gasteiger partial charge in [0.1, 0.15) is 5.75 Å². The maximum absolute atomic E-state index is 11.6. The third-order valence-corrected chi connectivity index (χ3v) is 3.18. The van der Waals surface area contributed by atoms with Gasteiger partial charge in [0, 0.05) is 4.47 Å².